The monoisotopic (exact) mass is 281 g/mol. The molecule has 1 saturated carbocycles. The van der Waals surface area contributed by atoms with Gasteiger partial charge in [-0.2, -0.15) is 9.61 Å². The Hall–Kier alpha value is -1.05. The number of rotatable bonds is 3. The highest BCUT2D eigenvalue weighted by atomic mass is 32.1. The number of hydrogen-bond donors (Lipinski definition) is 2. The van der Waals surface area contributed by atoms with Crippen LogP contribution in [0, 0.1) is 0 Å². The van der Waals surface area contributed by atoms with Crippen LogP contribution in [0.1, 0.15) is 61.8 Å². The zero-order valence-electron chi connectivity index (χ0n) is 11.0. The first kappa shape index (κ1) is 13.0. The Kier molecular flexibility index (Phi) is 3.51. The summed E-state index contributed by atoms with van der Waals surface area (Å²) in [6, 6.07) is -0.453. The predicted molar refractivity (Wildman–Crippen MR) is 73.1 cm³/mol. The SMILES string of the molecule is CC(O)C(N)c1nn2c(C3CCCCC3)nnc2s1. The topological polar surface area (TPSA) is 89.3 Å². The Labute approximate surface area is 115 Å². The van der Waals surface area contributed by atoms with Gasteiger partial charge in [0, 0.05) is 5.92 Å². The summed E-state index contributed by atoms with van der Waals surface area (Å²) in [6.07, 6.45) is 5.54. The van der Waals surface area contributed by atoms with Crippen molar-refractivity contribution in [2.45, 2.75) is 57.1 Å². The van der Waals surface area contributed by atoms with Crippen molar-refractivity contribution in [1.82, 2.24) is 19.8 Å². The molecule has 0 aromatic carbocycles. The van der Waals surface area contributed by atoms with E-state index in [9.17, 15) is 5.11 Å². The van der Waals surface area contributed by atoms with Gasteiger partial charge >= 0.3 is 0 Å². The van der Waals surface area contributed by atoms with E-state index in [1.165, 1.54) is 30.6 Å². The minimum Gasteiger partial charge on any atom is -0.391 e. The number of fused-ring (bicyclic) bond motifs is 1. The second kappa shape index (κ2) is 5.15. The van der Waals surface area contributed by atoms with Crippen LogP contribution in [0.3, 0.4) is 0 Å². The highest BCUT2D eigenvalue weighted by Gasteiger charge is 2.24. The minimum absolute atomic E-state index is 0.453. The van der Waals surface area contributed by atoms with Crippen molar-refractivity contribution in [3.05, 3.63) is 10.8 Å². The molecule has 0 aliphatic heterocycles. The van der Waals surface area contributed by atoms with Crippen molar-refractivity contribution in [3.8, 4) is 0 Å². The number of nitrogens with zero attached hydrogens (tertiary/aromatic N) is 4. The lowest BCUT2D eigenvalue weighted by atomic mass is 9.89. The fourth-order valence-electron chi connectivity index (χ4n) is 2.60. The van der Waals surface area contributed by atoms with Gasteiger partial charge in [-0.05, 0) is 19.8 Å². The molecule has 2 unspecified atom stereocenters. The van der Waals surface area contributed by atoms with E-state index in [1.54, 1.807) is 6.92 Å². The minimum atomic E-state index is -0.609. The van der Waals surface area contributed by atoms with E-state index in [2.05, 4.69) is 15.3 Å². The third-order valence-corrected chi connectivity index (χ3v) is 4.81. The smallest absolute Gasteiger partial charge is 0.234 e. The summed E-state index contributed by atoms with van der Waals surface area (Å²) >= 11 is 1.41. The number of nitrogens with two attached hydrogens (primary N) is 1. The molecule has 6 nitrogen and oxygen atoms in total. The molecule has 7 heteroatoms. The first-order chi connectivity index (χ1) is 9.16. The Morgan fingerprint density at radius 2 is 2.05 bits per heavy atom. The fourth-order valence-corrected chi connectivity index (χ4v) is 3.55. The van der Waals surface area contributed by atoms with Crippen LogP contribution >= 0.6 is 11.3 Å². The molecule has 3 rings (SSSR count). The van der Waals surface area contributed by atoms with Crippen molar-refractivity contribution in [3.63, 3.8) is 0 Å². The van der Waals surface area contributed by atoms with Crippen LogP contribution in [0.2, 0.25) is 0 Å². The van der Waals surface area contributed by atoms with Crippen LogP contribution in [-0.4, -0.2) is 31.0 Å². The molecule has 1 fully saturated rings. The van der Waals surface area contributed by atoms with E-state index in [-0.39, 0.29) is 0 Å². The molecule has 2 aromatic rings. The molecule has 0 saturated heterocycles. The van der Waals surface area contributed by atoms with Crippen LogP contribution < -0.4 is 5.73 Å². The molecule has 19 heavy (non-hydrogen) atoms. The maximum Gasteiger partial charge on any atom is 0.234 e. The first-order valence-corrected chi connectivity index (χ1v) is 7.64. The molecule has 0 radical (unpaired) electrons. The van der Waals surface area contributed by atoms with Gasteiger partial charge in [-0.15, -0.1) is 10.2 Å². The van der Waals surface area contributed by atoms with Gasteiger partial charge in [-0.1, -0.05) is 30.6 Å². The molecule has 0 spiro atoms. The van der Waals surface area contributed by atoms with E-state index in [0.29, 0.717) is 5.92 Å². The number of aromatic nitrogens is 4. The standard InChI is InChI=1S/C12H19N5OS/c1-7(18)9(13)11-16-17-10(14-15-12(17)19-11)8-5-3-2-4-6-8/h7-9,18H,2-6,13H2,1H3. The predicted octanol–water partition coefficient (Wildman–Crippen LogP) is 1.61. The summed E-state index contributed by atoms with van der Waals surface area (Å²) in [5.41, 5.74) is 5.93. The second-order valence-corrected chi connectivity index (χ2v) is 6.28. The lowest BCUT2D eigenvalue weighted by molar-refractivity contribution is 0.163. The molecule has 1 aliphatic carbocycles. The molecule has 104 valence electrons. The summed E-state index contributed by atoms with van der Waals surface area (Å²) in [5.74, 6) is 1.41. The third kappa shape index (κ3) is 2.37. The van der Waals surface area contributed by atoms with Crippen molar-refractivity contribution in [2.75, 3.05) is 0 Å². The second-order valence-electron chi connectivity index (χ2n) is 5.29. The van der Waals surface area contributed by atoms with E-state index in [4.69, 9.17) is 5.73 Å². The van der Waals surface area contributed by atoms with Crippen LogP contribution in [-0.2, 0) is 0 Å². The number of aliphatic hydroxyl groups is 1. The van der Waals surface area contributed by atoms with Gasteiger partial charge in [-0.25, -0.2) is 0 Å². The molecule has 2 aromatic heterocycles. The summed E-state index contributed by atoms with van der Waals surface area (Å²) in [4.78, 5) is 0.770. The Morgan fingerprint density at radius 1 is 1.32 bits per heavy atom. The lowest BCUT2D eigenvalue weighted by Gasteiger charge is -2.18. The van der Waals surface area contributed by atoms with Crippen LogP contribution in [0.15, 0.2) is 0 Å². The van der Waals surface area contributed by atoms with Gasteiger partial charge in [0.15, 0.2) is 5.82 Å². The average molecular weight is 281 g/mol. The van der Waals surface area contributed by atoms with Crippen molar-refractivity contribution < 1.29 is 5.11 Å². The summed E-state index contributed by atoms with van der Waals surface area (Å²) in [7, 11) is 0. The average Bonchev–Trinajstić information content (AvgIpc) is 2.98. The maximum absolute atomic E-state index is 9.55. The fraction of sp³-hybridized carbons (Fsp3) is 0.750. The molecule has 2 heterocycles. The number of aliphatic hydroxyl groups excluding tert-OH is 1. The maximum atomic E-state index is 9.55. The van der Waals surface area contributed by atoms with Crippen LogP contribution in [0.25, 0.3) is 4.96 Å². The molecule has 0 bridgehead atoms. The Bertz CT molecular complexity index is 557. The van der Waals surface area contributed by atoms with Crippen LogP contribution in [0.5, 0.6) is 0 Å². The van der Waals surface area contributed by atoms with Crippen molar-refractivity contribution >= 4 is 16.3 Å². The van der Waals surface area contributed by atoms with Crippen LogP contribution in [0.4, 0.5) is 0 Å². The highest BCUT2D eigenvalue weighted by molar-refractivity contribution is 7.16. The van der Waals surface area contributed by atoms with Gasteiger partial charge in [0.25, 0.3) is 0 Å². The Morgan fingerprint density at radius 3 is 2.74 bits per heavy atom. The van der Waals surface area contributed by atoms with Crippen molar-refractivity contribution in [1.29, 1.82) is 0 Å². The van der Waals surface area contributed by atoms with Gasteiger partial charge < -0.3 is 10.8 Å². The largest absolute Gasteiger partial charge is 0.391 e. The van der Waals surface area contributed by atoms with E-state index in [1.807, 2.05) is 4.52 Å². The summed E-state index contributed by atoms with van der Waals surface area (Å²) in [5, 5.41) is 23.2. The number of hydrogen-bond acceptors (Lipinski definition) is 6. The molecule has 0 amide bonds. The van der Waals surface area contributed by atoms with E-state index >= 15 is 0 Å². The molecule has 3 N–H and O–H groups in total. The van der Waals surface area contributed by atoms with Gasteiger partial charge in [0.05, 0.1) is 12.1 Å². The quantitative estimate of drug-likeness (QED) is 0.892. The lowest BCUT2D eigenvalue weighted by Crippen LogP contribution is -2.23. The zero-order chi connectivity index (χ0) is 13.4. The summed E-state index contributed by atoms with van der Waals surface area (Å²) in [6.45, 7) is 1.68. The molecular weight excluding hydrogens is 262 g/mol. The third-order valence-electron chi connectivity index (χ3n) is 3.81. The Balaban J connectivity index is 1.93. The molecule has 1 aliphatic rings. The van der Waals surface area contributed by atoms with E-state index < -0.39 is 12.1 Å². The summed E-state index contributed by atoms with van der Waals surface area (Å²) < 4.78 is 1.82. The molecular formula is C12H19N5OS. The van der Waals surface area contributed by atoms with Gasteiger partial charge in [0.1, 0.15) is 5.01 Å². The van der Waals surface area contributed by atoms with E-state index in [0.717, 1.165) is 28.6 Å². The van der Waals surface area contributed by atoms with Crippen molar-refractivity contribution in [2.24, 2.45) is 5.73 Å². The molecule has 2 atom stereocenters. The normalized spacial score (nSPS) is 20.8. The highest BCUT2D eigenvalue weighted by Crippen LogP contribution is 2.32. The van der Waals surface area contributed by atoms with Gasteiger partial charge in [0.2, 0.25) is 4.96 Å². The first-order valence-electron chi connectivity index (χ1n) is 6.82. The zero-order valence-corrected chi connectivity index (χ0v) is 11.8. The van der Waals surface area contributed by atoms with Gasteiger partial charge in [-0.3, -0.25) is 0 Å².